The number of nitriles is 1. The Morgan fingerprint density at radius 3 is 2.79 bits per heavy atom. The van der Waals surface area contributed by atoms with Crippen LogP contribution < -0.4 is 10.9 Å². The normalized spacial score (nSPS) is 9.68. The van der Waals surface area contributed by atoms with Crippen LogP contribution in [0.1, 0.15) is 15.9 Å². The zero-order chi connectivity index (χ0) is 13.8. The van der Waals surface area contributed by atoms with Crippen molar-refractivity contribution >= 4 is 23.2 Å². The molecule has 2 N–H and O–H groups in total. The van der Waals surface area contributed by atoms with E-state index < -0.39 is 5.91 Å². The first-order valence-corrected chi connectivity index (χ1v) is 5.67. The van der Waals surface area contributed by atoms with Crippen molar-refractivity contribution in [2.45, 2.75) is 0 Å². The van der Waals surface area contributed by atoms with Gasteiger partial charge in [-0.15, -0.1) is 0 Å². The summed E-state index contributed by atoms with van der Waals surface area (Å²) in [6.45, 7) is 0. The maximum atomic E-state index is 11.9. The van der Waals surface area contributed by atoms with Gasteiger partial charge in [0.2, 0.25) is 5.56 Å². The fourth-order valence-corrected chi connectivity index (χ4v) is 1.67. The van der Waals surface area contributed by atoms with Crippen molar-refractivity contribution in [3.8, 4) is 6.07 Å². The number of hydrogen-bond donors (Lipinski definition) is 2. The topological polar surface area (TPSA) is 85.8 Å². The Morgan fingerprint density at radius 1 is 1.32 bits per heavy atom. The molecular formula is C13H8ClN3O2. The molecule has 5 nitrogen and oxygen atoms in total. The fraction of sp³-hybridized carbons (Fsp3) is 0. The lowest BCUT2D eigenvalue weighted by molar-refractivity contribution is 0.102. The third-order valence-electron chi connectivity index (χ3n) is 2.39. The predicted molar refractivity (Wildman–Crippen MR) is 71.2 cm³/mol. The summed E-state index contributed by atoms with van der Waals surface area (Å²) in [6.07, 6.45) is 1.38. The summed E-state index contributed by atoms with van der Waals surface area (Å²) in [4.78, 5) is 25.5. The Kier molecular flexibility index (Phi) is 3.64. The Hall–Kier alpha value is -2.58. The molecule has 0 atom stereocenters. The minimum Gasteiger partial charge on any atom is -0.329 e. The molecule has 6 heteroatoms. The van der Waals surface area contributed by atoms with Crippen molar-refractivity contribution in [3.05, 3.63) is 63.0 Å². The van der Waals surface area contributed by atoms with E-state index in [9.17, 15) is 9.59 Å². The molecule has 94 valence electrons. The number of nitrogens with one attached hydrogen (secondary N) is 2. The Labute approximate surface area is 113 Å². The molecule has 0 saturated heterocycles. The fourth-order valence-electron chi connectivity index (χ4n) is 1.50. The smallest absolute Gasteiger partial charge is 0.255 e. The number of H-pyrrole nitrogens is 1. The van der Waals surface area contributed by atoms with E-state index in [1.165, 1.54) is 30.5 Å². The van der Waals surface area contributed by atoms with Crippen molar-refractivity contribution < 1.29 is 4.79 Å². The van der Waals surface area contributed by atoms with Gasteiger partial charge in [0.05, 0.1) is 11.3 Å². The number of amides is 1. The summed E-state index contributed by atoms with van der Waals surface area (Å²) in [6, 6.07) is 9.13. The van der Waals surface area contributed by atoms with Crippen LogP contribution in [0.5, 0.6) is 0 Å². The van der Waals surface area contributed by atoms with Crippen LogP contribution >= 0.6 is 11.6 Å². The Morgan fingerprint density at radius 2 is 2.11 bits per heavy atom. The number of pyridine rings is 1. The van der Waals surface area contributed by atoms with Gasteiger partial charge in [0.15, 0.2) is 0 Å². The molecule has 0 fully saturated rings. The largest absolute Gasteiger partial charge is 0.329 e. The van der Waals surface area contributed by atoms with Crippen LogP contribution in [0.15, 0.2) is 41.3 Å². The third-order valence-corrected chi connectivity index (χ3v) is 2.62. The van der Waals surface area contributed by atoms with Gasteiger partial charge in [0.1, 0.15) is 6.07 Å². The lowest BCUT2D eigenvalue weighted by Gasteiger charge is -2.07. The average molecular weight is 274 g/mol. The molecule has 0 spiro atoms. The van der Waals surface area contributed by atoms with Crippen LogP contribution in [0, 0.1) is 11.3 Å². The van der Waals surface area contributed by atoms with Crippen molar-refractivity contribution in [1.82, 2.24) is 4.98 Å². The lowest BCUT2D eigenvalue weighted by atomic mass is 10.2. The van der Waals surface area contributed by atoms with Gasteiger partial charge in [-0.25, -0.2) is 0 Å². The number of benzene rings is 1. The van der Waals surface area contributed by atoms with Gasteiger partial charge in [-0.2, -0.15) is 5.26 Å². The maximum Gasteiger partial charge on any atom is 0.255 e. The zero-order valence-corrected chi connectivity index (χ0v) is 10.4. The van der Waals surface area contributed by atoms with E-state index in [-0.39, 0.29) is 11.1 Å². The van der Waals surface area contributed by atoms with Crippen molar-refractivity contribution in [3.63, 3.8) is 0 Å². The molecular weight excluding hydrogens is 266 g/mol. The molecule has 1 amide bonds. The van der Waals surface area contributed by atoms with E-state index in [2.05, 4.69) is 10.3 Å². The molecule has 0 bridgehead atoms. The van der Waals surface area contributed by atoms with Crippen LogP contribution in [-0.4, -0.2) is 10.9 Å². The molecule has 19 heavy (non-hydrogen) atoms. The number of halogens is 1. The quantitative estimate of drug-likeness (QED) is 0.879. The summed E-state index contributed by atoms with van der Waals surface area (Å²) in [5.74, 6) is -0.482. The van der Waals surface area contributed by atoms with Gasteiger partial charge in [-0.05, 0) is 24.3 Å². The summed E-state index contributed by atoms with van der Waals surface area (Å²) in [5, 5.41) is 11.9. The molecule has 0 unspecified atom stereocenters. The number of rotatable bonds is 2. The third kappa shape index (κ3) is 3.00. The zero-order valence-electron chi connectivity index (χ0n) is 9.61. The molecule has 0 aliphatic rings. The molecule has 1 aromatic heterocycles. The van der Waals surface area contributed by atoms with Gasteiger partial charge < -0.3 is 10.3 Å². The van der Waals surface area contributed by atoms with Crippen LogP contribution in [0.3, 0.4) is 0 Å². The monoisotopic (exact) mass is 273 g/mol. The first-order chi connectivity index (χ1) is 9.10. The molecule has 0 aliphatic carbocycles. The summed E-state index contributed by atoms with van der Waals surface area (Å²) < 4.78 is 0. The van der Waals surface area contributed by atoms with Crippen LogP contribution in [0.4, 0.5) is 5.69 Å². The van der Waals surface area contributed by atoms with Crippen molar-refractivity contribution in [1.29, 1.82) is 5.26 Å². The Bertz CT molecular complexity index is 731. The second-order valence-corrected chi connectivity index (χ2v) is 4.13. The first kappa shape index (κ1) is 12.9. The Balaban J connectivity index is 2.32. The molecule has 2 aromatic rings. The molecule has 1 aromatic carbocycles. The molecule has 0 saturated carbocycles. The van der Waals surface area contributed by atoms with Crippen LogP contribution in [0.2, 0.25) is 5.02 Å². The van der Waals surface area contributed by atoms with Gasteiger partial charge in [-0.3, -0.25) is 9.59 Å². The SMILES string of the molecule is N#Cc1ccc(Cl)cc1NC(=O)c1cc[nH]c(=O)c1. The van der Waals surface area contributed by atoms with E-state index in [1.54, 1.807) is 6.07 Å². The van der Waals surface area contributed by atoms with Crippen LogP contribution in [-0.2, 0) is 0 Å². The number of carbonyl (C=O) groups excluding carboxylic acids is 1. The first-order valence-electron chi connectivity index (χ1n) is 5.30. The van der Waals surface area contributed by atoms with E-state index in [1.807, 2.05) is 6.07 Å². The standard InChI is InChI=1S/C13H8ClN3O2/c14-10-2-1-9(7-15)11(6-10)17-13(19)8-3-4-16-12(18)5-8/h1-6H,(H,16,18)(H,17,19). The number of aromatic amines is 1. The maximum absolute atomic E-state index is 11.9. The highest BCUT2D eigenvalue weighted by atomic mass is 35.5. The van der Waals surface area contributed by atoms with E-state index in [0.717, 1.165) is 0 Å². The van der Waals surface area contributed by atoms with Gasteiger partial charge >= 0.3 is 0 Å². The van der Waals surface area contributed by atoms with E-state index in [0.29, 0.717) is 16.3 Å². The predicted octanol–water partition coefficient (Wildman–Crippen LogP) is 2.15. The molecule has 0 radical (unpaired) electrons. The number of anilines is 1. The summed E-state index contributed by atoms with van der Waals surface area (Å²) >= 11 is 5.81. The molecule has 1 heterocycles. The summed E-state index contributed by atoms with van der Waals surface area (Å²) in [5.41, 5.74) is 0.426. The van der Waals surface area contributed by atoms with Crippen molar-refractivity contribution in [2.24, 2.45) is 0 Å². The highest BCUT2D eigenvalue weighted by Gasteiger charge is 2.10. The van der Waals surface area contributed by atoms with Gasteiger partial charge in [0.25, 0.3) is 5.91 Å². The van der Waals surface area contributed by atoms with Gasteiger partial charge in [-0.1, -0.05) is 11.6 Å². The molecule has 2 rings (SSSR count). The number of aromatic nitrogens is 1. The van der Waals surface area contributed by atoms with Crippen molar-refractivity contribution in [2.75, 3.05) is 5.32 Å². The summed E-state index contributed by atoms with van der Waals surface area (Å²) in [7, 11) is 0. The second-order valence-electron chi connectivity index (χ2n) is 3.70. The minimum atomic E-state index is -0.482. The average Bonchev–Trinajstić information content (AvgIpc) is 2.39. The number of nitrogens with zero attached hydrogens (tertiary/aromatic N) is 1. The number of carbonyl (C=O) groups is 1. The van der Waals surface area contributed by atoms with E-state index >= 15 is 0 Å². The van der Waals surface area contributed by atoms with E-state index in [4.69, 9.17) is 16.9 Å². The molecule has 0 aliphatic heterocycles. The lowest BCUT2D eigenvalue weighted by Crippen LogP contribution is -2.16. The highest BCUT2D eigenvalue weighted by molar-refractivity contribution is 6.31. The second kappa shape index (κ2) is 5.38. The van der Waals surface area contributed by atoms with Crippen LogP contribution in [0.25, 0.3) is 0 Å². The minimum absolute atomic E-state index is 0.201. The highest BCUT2D eigenvalue weighted by Crippen LogP contribution is 2.20. The number of hydrogen-bond acceptors (Lipinski definition) is 3. The van der Waals surface area contributed by atoms with Gasteiger partial charge in [0, 0.05) is 22.8 Å².